The van der Waals surface area contributed by atoms with E-state index in [1.54, 1.807) is 0 Å². The number of hydrogen-bond acceptors (Lipinski definition) is 0. The first-order chi connectivity index (χ1) is 9.49. The van der Waals surface area contributed by atoms with Crippen molar-refractivity contribution in [2.45, 2.75) is 41.5 Å². The summed E-state index contributed by atoms with van der Waals surface area (Å²) in [6, 6.07) is 6.63. The van der Waals surface area contributed by atoms with Crippen LogP contribution in [0.5, 0.6) is 0 Å². The Bertz CT molecular complexity index is 578. The number of hydrogen-bond donors (Lipinski definition) is 0. The van der Waals surface area contributed by atoms with Crippen molar-refractivity contribution in [3.63, 3.8) is 0 Å². The molecule has 0 saturated carbocycles. The molecule has 20 heavy (non-hydrogen) atoms. The largest absolute Gasteiger partial charge is 0.0871 e. The summed E-state index contributed by atoms with van der Waals surface area (Å²) in [6.45, 7) is 12.8. The van der Waals surface area contributed by atoms with Gasteiger partial charge in [0.2, 0.25) is 0 Å². The van der Waals surface area contributed by atoms with Crippen LogP contribution in [0.25, 0.3) is 11.6 Å². The van der Waals surface area contributed by atoms with Crippen molar-refractivity contribution in [2.24, 2.45) is 0 Å². The van der Waals surface area contributed by atoms with E-state index in [0.29, 0.717) is 0 Å². The van der Waals surface area contributed by atoms with Crippen molar-refractivity contribution in [3.8, 4) is 0 Å². The molecule has 0 N–H and O–H groups in total. The third kappa shape index (κ3) is 4.38. The molecule has 0 bridgehead atoms. The minimum atomic E-state index is 1.26. The van der Waals surface area contributed by atoms with E-state index in [0.717, 1.165) is 0 Å². The molecule has 0 amide bonds. The lowest BCUT2D eigenvalue weighted by Gasteiger charge is -2.10. The van der Waals surface area contributed by atoms with Gasteiger partial charge in [-0.25, -0.2) is 0 Å². The average Bonchev–Trinajstić information content (AvgIpc) is 2.45. The molecule has 1 aromatic rings. The van der Waals surface area contributed by atoms with E-state index in [2.05, 4.69) is 90.1 Å². The molecule has 0 atom stereocenters. The van der Waals surface area contributed by atoms with Gasteiger partial charge in [0.25, 0.3) is 0 Å². The molecule has 106 valence electrons. The fourth-order valence-corrected chi connectivity index (χ4v) is 2.03. The number of aryl methyl sites for hydroxylation is 1. The molecule has 0 aliphatic heterocycles. The minimum absolute atomic E-state index is 1.26. The predicted molar refractivity (Wildman–Crippen MR) is 92.7 cm³/mol. The Morgan fingerprint density at radius 3 is 2.30 bits per heavy atom. The molecule has 0 aliphatic carbocycles. The number of allylic oxidation sites excluding steroid dienone is 7. The normalized spacial score (nSPS) is 14.2. The Kier molecular flexibility index (Phi) is 6.24. The standard InChI is InChI=1S/C20H26/c1-7-9-19-13-12-17(5)20(14-19)18(6)16(4)11-10-15(3)8-2/h7-14H,1-6H3. The van der Waals surface area contributed by atoms with Crippen LogP contribution in [0, 0.1) is 6.92 Å². The van der Waals surface area contributed by atoms with Crippen molar-refractivity contribution < 1.29 is 0 Å². The van der Waals surface area contributed by atoms with Crippen LogP contribution in [0.2, 0.25) is 0 Å². The van der Waals surface area contributed by atoms with Gasteiger partial charge in [-0.05, 0) is 75.4 Å². The molecule has 1 rings (SSSR count). The van der Waals surface area contributed by atoms with E-state index in [4.69, 9.17) is 0 Å². The molecule has 0 unspecified atom stereocenters. The average molecular weight is 266 g/mol. The topological polar surface area (TPSA) is 0 Å². The minimum Gasteiger partial charge on any atom is -0.0871 e. The van der Waals surface area contributed by atoms with Crippen LogP contribution in [-0.4, -0.2) is 0 Å². The monoisotopic (exact) mass is 266 g/mol. The van der Waals surface area contributed by atoms with E-state index in [1.165, 1.54) is 33.4 Å². The zero-order chi connectivity index (χ0) is 15.1. The first kappa shape index (κ1) is 16.2. The van der Waals surface area contributed by atoms with Crippen molar-refractivity contribution in [3.05, 3.63) is 70.3 Å². The Hall–Kier alpha value is -1.82. The lowest BCUT2D eigenvalue weighted by Crippen LogP contribution is -1.89. The maximum absolute atomic E-state index is 2.27. The van der Waals surface area contributed by atoms with Gasteiger partial charge < -0.3 is 0 Å². The van der Waals surface area contributed by atoms with Crippen LogP contribution >= 0.6 is 0 Å². The third-order valence-corrected chi connectivity index (χ3v) is 3.67. The Balaban J connectivity index is 3.21. The fourth-order valence-electron chi connectivity index (χ4n) is 2.03. The second kappa shape index (κ2) is 7.69. The molecule has 0 nitrogen and oxygen atoms in total. The van der Waals surface area contributed by atoms with Gasteiger partial charge in [0, 0.05) is 0 Å². The van der Waals surface area contributed by atoms with Crippen molar-refractivity contribution in [1.82, 2.24) is 0 Å². The summed E-state index contributed by atoms with van der Waals surface area (Å²) in [6.07, 6.45) is 10.7. The number of rotatable bonds is 4. The highest BCUT2D eigenvalue weighted by Gasteiger charge is 2.03. The molecule has 0 saturated heterocycles. The molecule has 0 spiro atoms. The van der Waals surface area contributed by atoms with E-state index >= 15 is 0 Å². The molecule has 0 radical (unpaired) electrons. The number of benzene rings is 1. The highest BCUT2D eigenvalue weighted by Crippen LogP contribution is 2.24. The Morgan fingerprint density at radius 1 is 1.00 bits per heavy atom. The summed E-state index contributed by atoms with van der Waals surface area (Å²) in [5, 5.41) is 0. The Labute approximate surface area is 124 Å². The van der Waals surface area contributed by atoms with E-state index in [-0.39, 0.29) is 0 Å². The maximum atomic E-state index is 2.27. The van der Waals surface area contributed by atoms with E-state index in [9.17, 15) is 0 Å². The molecule has 0 fully saturated rings. The predicted octanol–water partition coefficient (Wildman–Crippen LogP) is 6.34. The van der Waals surface area contributed by atoms with Crippen LogP contribution in [0.3, 0.4) is 0 Å². The van der Waals surface area contributed by atoms with E-state index in [1.807, 2.05) is 0 Å². The Morgan fingerprint density at radius 2 is 1.70 bits per heavy atom. The maximum Gasteiger partial charge on any atom is -0.0189 e. The van der Waals surface area contributed by atoms with Crippen molar-refractivity contribution in [1.29, 1.82) is 0 Å². The van der Waals surface area contributed by atoms with Crippen molar-refractivity contribution in [2.75, 3.05) is 0 Å². The zero-order valence-electron chi connectivity index (χ0n) is 13.6. The molecule has 0 heteroatoms. The summed E-state index contributed by atoms with van der Waals surface area (Å²) in [7, 11) is 0. The van der Waals surface area contributed by atoms with Gasteiger partial charge in [0.1, 0.15) is 0 Å². The second-order valence-corrected chi connectivity index (χ2v) is 5.25. The molecule has 0 heterocycles. The lowest BCUT2D eigenvalue weighted by molar-refractivity contribution is 1.36. The van der Waals surface area contributed by atoms with Crippen LogP contribution in [0.15, 0.2) is 53.6 Å². The lowest BCUT2D eigenvalue weighted by atomic mass is 9.95. The highest BCUT2D eigenvalue weighted by atomic mass is 14.1. The van der Waals surface area contributed by atoms with E-state index < -0.39 is 0 Å². The first-order valence-electron chi connectivity index (χ1n) is 7.21. The summed E-state index contributed by atoms with van der Waals surface area (Å²) >= 11 is 0. The summed E-state index contributed by atoms with van der Waals surface area (Å²) < 4.78 is 0. The molecule has 1 aromatic carbocycles. The summed E-state index contributed by atoms with van der Waals surface area (Å²) in [5.41, 5.74) is 7.86. The van der Waals surface area contributed by atoms with Gasteiger partial charge in [0.15, 0.2) is 0 Å². The second-order valence-electron chi connectivity index (χ2n) is 5.25. The fraction of sp³-hybridized carbons (Fsp3) is 0.300. The van der Waals surface area contributed by atoms with Gasteiger partial charge in [-0.3, -0.25) is 0 Å². The highest BCUT2D eigenvalue weighted by molar-refractivity contribution is 5.73. The van der Waals surface area contributed by atoms with Gasteiger partial charge >= 0.3 is 0 Å². The van der Waals surface area contributed by atoms with Gasteiger partial charge in [-0.2, -0.15) is 0 Å². The van der Waals surface area contributed by atoms with Gasteiger partial charge in [-0.15, -0.1) is 0 Å². The zero-order valence-corrected chi connectivity index (χ0v) is 13.6. The van der Waals surface area contributed by atoms with Crippen LogP contribution < -0.4 is 0 Å². The van der Waals surface area contributed by atoms with Crippen LogP contribution in [0.1, 0.15) is 51.3 Å². The summed E-state index contributed by atoms with van der Waals surface area (Å²) in [5.74, 6) is 0. The van der Waals surface area contributed by atoms with Crippen molar-refractivity contribution >= 4 is 11.6 Å². The first-order valence-corrected chi connectivity index (χ1v) is 7.21. The van der Waals surface area contributed by atoms with Crippen LogP contribution in [0.4, 0.5) is 0 Å². The molecule has 0 aromatic heterocycles. The molecular weight excluding hydrogens is 240 g/mol. The quantitative estimate of drug-likeness (QED) is 0.557. The SMILES string of the molecule is CC=Cc1ccc(C)c(C(C)=C(C)C=CC(C)=CC)c1. The third-order valence-electron chi connectivity index (χ3n) is 3.67. The summed E-state index contributed by atoms with van der Waals surface area (Å²) in [4.78, 5) is 0. The van der Waals surface area contributed by atoms with Gasteiger partial charge in [0.05, 0.1) is 0 Å². The molecule has 0 aliphatic rings. The smallest absolute Gasteiger partial charge is 0.0189 e. The van der Waals surface area contributed by atoms with Gasteiger partial charge in [-0.1, -0.05) is 48.1 Å². The van der Waals surface area contributed by atoms with Crippen LogP contribution in [-0.2, 0) is 0 Å². The molecular formula is C20H26.